The number of benzene rings is 2. The van der Waals surface area contributed by atoms with Gasteiger partial charge in [-0.2, -0.15) is 0 Å². The van der Waals surface area contributed by atoms with Gasteiger partial charge < -0.3 is 24.6 Å². The molecule has 3 rings (SSSR count). The van der Waals surface area contributed by atoms with Crippen LogP contribution in [0.4, 0.5) is 17.2 Å². The summed E-state index contributed by atoms with van der Waals surface area (Å²) in [7, 11) is 1.55. The van der Waals surface area contributed by atoms with Crippen molar-refractivity contribution in [3.8, 4) is 11.5 Å². The normalized spacial score (nSPS) is 10.2. The molecule has 7 heteroatoms. The van der Waals surface area contributed by atoms with Gasteiger partial charge in [-0.1, -0.05) is 17.3 Å². The number of amides is 1. The molecule has 1 amide bonds. The first-order valence-corrected chi connectivity index (χ1v) is 8.00. The monoisotopic (exact) mass is 353 g/mol. The third-order valence-corrected chi connectivity index (χ3v) is 3.50. The van der Waals surface area contributed by atoms with Crippen LogP contribution in [-0.4, -0.2) is 24.8 Å². The van der Waals surface area contributed by atoms with Gasteiger partial charge in [-0.05, 0) is 43.3 Å². The summed E-state index contributed by atoms with van der Waals surface area (Å²) >= 11 is 0. The van der Waals surface area contributed by atoms with Crippen LogP contribution in [0.25, 0.3) is 0 Å². The number of para-hydroxylation sites is 2. The summed E-state index contributed by atoms with van der Waals surface area (Å²) in [5.41, 5.74) is 1.50. The van der Waals surface area contributed by atoms with Gasteiger partial charge in [0.1, 0.15) is 5.76 Å². The Kier molecular flexibility index (Phi) is 5.38. The highest BCUT2D eigenvalue weighted by atomic mass is 16.5. The van der Waals surface area contributed by atoms with Crippen LogP contribution in [0.2, 0.25) is 0 Å². The van der Waals surface area contributed by atoms with E-state index in [1.165, 1.54) is 0 Å². The van der Waals surface area contributed by atoms with E-state index in [0.717, 1.165) is 11.4 Å². The van der Waals surface area contributed by atoms with Crippen LogP contribution in [0, 0.1) is 6.92 Å². The minimum Gasteiger partial charge on any atom is -0.493 e. The molecule has 0 saturated carbocycles. The van der Waals surface area contributed by atoms with E-state index in [0.29, 0.717) is 23.0 Å². The smallest absolute Gasteiger partial charge is 0.262 e. The lowest BCUT2D eigenvalue weighted by atomic mass is 10.2. The number of hydrogen-bond donors (Lipinski definition) is 2. The second-order valence-corrected chi connectivity index (χ2v) is 5.51. The number of hydrogen-bond acceptors (Lipinski definition) is 6. The highest BCUT2D eigenvalue weighted by Gasteiger charge is 2.07. The maximum Gasteiger partial charge on any atom is 0.262 e. The molecule has 7 nitrogen and oxygen atoms in total. The van der Waals surface area contributed by atoms with Gasteiger partial charge in [0, 0.05) is 17.4 Å². The molecule has 0 bridgehead atoms. The zero-order chi connectivity index (χ0) is 18.4. The third kappa shape index (κ3) is 4.54. The van der Waals surface area contributed by atoms with Crippen molar-refractivity contribution in [3.63, 3.8) is 0 Å². The first kappa shape index (κ1) is 17.3. The SMILES string of the molecule is COc1ccccc1OCC(=O)Nc1ccc(Nc2cc(C)on2)cc1. The van der Waals surface area contributed by atoms with Gasteiger partial charge in [-0.3, -0.25) is 4.79 Å². The summed E-state index contributed by atoms with van der Waals surface area (Å²) < 4.78 is 15.7. The van der Waals surface area contributed by atoms with Crippen molar-refractivity contribution >= 4 is 23.1 Å². The molecule has 2 aromatic carbocycles. The molecule has 0 aliphatic rings. The van der Waals surface area contributed by atoms with Gasteiger partial charge in [-0.15, -0.1) is 0 Å². The average Bonchev–Trinajstić information content (AvgIpc) is 3.06. The number of carbonyl (C=O) groups is 1. The van der Waals surface area contributed by atoms with Crippen molar-refractivity contribution in [1.29, 1.82) is 0 Å². The van der Waals surface area contributed by atoms with E-state index >= 15 is 0 Å². The Hall–Kier alpha value is -3.48. The zero-order valence-electron chi connectivity index (χ0n) is 14.5. The average molecular weight is 353 g/mol. The number of ether oxygens (including phenoxy) is 2. The Morgan fingerprint density at radius 3 is 2.42 bits per heavy atom. The molecule has 0 fully saturated rings. The fourth-order valence-electron chi connectivity index (χ4n) is 2.29. The molecule has 2 N–H and O–H groups in total. The molecule has 0 radical (unpaired) electrons. The van der Waals surface area contributed by atoms with Crippen LogP contribution in [-0.2, 0) is 4.79 Å². The lowest BCUT2D eigenvalue weighted by Gasteiger charge is -2.11. The maximum absolute atomic E-state index is 12.0. The lowest BCUT2D eigenvalue weighted by molar-refractivity contribution is -0.118. The quantitative estimate of drug-likeness (QED) is 0.673. The molecule has 0 aliphatic heterocycles. The van der Waals surface area contributed by atoms with E-state index in [1.54, 1.807) is 37.4 Å². The lowest BCUT2D eigenvalue weighted by Crippen LogP contribution is -2.20. The minimum atomic E-state index is -0.260. The van der Waals surface area contributed by atoms with Gasteiger partial charge in [0.25, 0.3) is 5.91 Å². The molecule has 0 aliphatic carbocycles. The molecule has 3 aromatic rings. The molecule has 134 valence electrons. The Balaban J connectivity index is 1.52. The highest BCUT2D eigenvalue weighted by molar-refractivity contribution is 5.92. The Morgan fingerprint density at radius 1 is 1.08 bits per heavy atom. The van der Waals surface area contributed by atoms with E-state index in [9.17, 15) is 4.79 Å². The van der Waals surface area contributed by atoms with Gasteiger partial charge >= 0.3 is 0 Å². The maximum atomic E-state index is 12.0. The standard InChI is InChI=1S/C19H19N3O4/c1-13-11-18(22-26-13)20-14-7-9-15(10-8-14)21-19(23)12-25-17-6-4-3-5-16(17)24-2/h3-11H,12H2,1-2H3,(H,20,22)(H,21,23). The van der Waals surface area contributed by atoms with Crippen LogP contribution in [0.1, 0.15) is 5.76 Å². The number of methoxy groups -OCH3 is 1. The van der Waals surface area contributed by atoms with Crippen LogP contribution in [0.5, 0.6) is 11.5 Å². The molecule has 26 heavy (non-hydrogen) atoms. The summed E-state index contributed by atoms with van der Waals surface area (Å²) in [5, 5.41) is 9.75. The number of nitrogens with zero attached hydrogens (tertiary/aromatic N) is 1. The molecule has 1 aromatic heterocycles. The number of anilines is 3. The molecular formula is C19H19N3O4. The van der Waals surface area contributed by atoms with E-state index < -0.39 is 0 Å². The Morgan fingerprint density at radius 2 is 1.77 bits per heavy atom. The number of aromatic nitrogens is 1. The van der Waals surface area contributed by atoms with Crippen molar-refractivity contribution < 1.29 is 18.8 Å². The van der Waals surface area contributed by atoms with Crippen molar-refractivity contribution in [3.05, 3.63) is 60.4 Å². The minimum absolute atomic E-state index is 0.113. The number of rotatable bonds is 7. The van der Waals surface area contributed by atoms with Crippen LogP contribution >= 0.6 is 0 Å². The number of aryl methyl sites for hydroxylation is 1. The van der Waals surface area contributed by atoms with Crippen LogP contribution in [0.15, 0.2) is 59.1 Å². The summed E-state index contributed by atoms with van der Waals surface area (Å²) in [4.78, 5) is 12.0. The van der Waals surface area contributed by atoms with Crippen molar-refractivity contribution in [1.82, 2.24) is 5.16 Å². The van der Waals surface area contributed by atoms with Crippen LogP contribution in [0.3, 0.4) is 0 Å². The fourth-order valence-corrected chi connectivity index (χ4v) is 2.29. The summed E-state index contributed by atoms with van der Waals surface area (Å²) in [5.74, 6) is 2.20. The topological polar surface area (TPSA) is 85.6 Å². The summed E-state index contributed by atoms with van der Waals surface area (Å²) in [6, 6.07) is 16.2. The highest BCUT2D eigenvalue weighted by Crippen LogP contribution is 2.25. The summed E-state index contributed by atoms with van der Waals surface area (Å²) in [6.07, 6.45) is 0. The predicted molar refractivity (Wildman–Crippen MR) is 98.1 cm³/mol. The molecule has 0 saturated heterocycles. The largest absolute Gasteiger partial charge is 0.493 e. The Labute approximate surface area is 150 Å². The van der Waals surface area contributed by atoms with E-state index in [1.807, 2.05) is 31.2 Å². The van der Waals surface area contributed by atoms with Crippen molar-refractivity contribution in [2.24, 2.45) is 0 Å². The number of nitrogens with one attached hydrogen (secondary N) is 2. The molecule has 0 unspecified atom stereocenters. The Bertz CT molecular complexity index is 875. The third-order valence-electron chi connectivity index (χ3n) is 3.50. The fraction of sp³-hybridized carbons (Fsp3) is 0.158. The van der Waals surface area contributed by atoms with Gasteiger partial charge in [0.2, 0.25) is 0 Å². The first-order valence-electron chi connectivity index (χ1n) is 8.00. The molecular weight excluding hydrogens is 334 g/mol. The van der Waals surface area contributed by atoms with Gasteiger partial charge in [0.15, 0.2) is 23.9 Å². The number of carbonyl (C=O) groups excluding carboxylic acids is 1. The second-order valence-electron chi connectivity index (χ2n) is 5.51. The predicted octanol–water partition coefficient (Wildman–Crippen LogP) is 3.75. The van der Waals surface area contributed by atoms with E-state index in [-0.39, 0.29) is 12.5 Å². The summed E-state index contributed by atoms with van der Waals surface area (Å²) in [6.45, 7) is 1.71. The second kappa shape index (κ2) is 8.06. The molecule has 0 atom stereocenters. The first-order chi connectivity index (χ1) is 12.6. The van der Waals surface area contributed by atoms with Crippen molar-refractivity contribution in [2.75, 3.05) is 24.4 Å². The zero-order valence-corrected chi connectivity index (χ0v) is 14.5. The molecule has 0 spiro atoms. The van der Waals surface area contributed by atoms with Crippen molar-refractivity contribution in [2.45, 2.75) is 6.92 Å². The van der Waals surface area contributed by atoms with E-state index in [4.69, 9.17) is 14.0 Å². The van der Waals surface area contributed by atoms with E-state index in [2.05, 4.69) is 15.8 Å². The van der Waals surface area contributed by atoms with Gasteiger partial charge in [0.05, 0.1) is 7.11 Å². The van der Waals surface area contributed by atoms with Crippen LogP contribution < -0.4 is 20.1 Å². The molecule has 1 heterocycles. The van der Waals surface area contributed by atoms with Gasteiger partial charge in [-0.25, -0.2) is 0 Å².